The molecular weight excluding hydrogens is 182 g/mol. The molecule has 0 aliphatic carbocycles. The minimum Gasteiger partial charge on any atom is -0.498 e. The molecule has 0 atom stereocenters. The quantitative estimate of drug-likeness (QED) is 0.477. The van der Waals surface area contributed by atoms with E-state index in [0.29, 0.717) is 13.8 Å². The molecule has 0 saturated heterocycles. The first-order valence-corrected chi connectivity index (χ1v) is 6.93. The van der Waals surface area contributed by atoms with Crippen LogP contribution in [0.3, 0.4) is 0 Å². The monoisotopic (exact) mass is 210 g/mol. The molecule has 0 aliphatic heterocycles. The number of hydrogen-bond donors (Lipinski definition) is 0. The molecule has 0 amide bonds. The van der Waals surface area contributed by atoms with Crippen molar-refractivity contribution in [1.82, 2.24) is 0 Å². The molecule has 0 saturated carbocycles. The predicted octanol–water partition coefficient (Wildman–Crippen LogP) is 4.63. The normalized spacial score (nSPS) is 10.4. The highest BCUT2D eigenvalue weighted by molar-refractivity contribution is 6.66. The second kappa shape index (κ2) is 10.6. The van der Waals surface area contributed by atoms with Crippen molar-refractivity contribution in [3.63, 3.8) is 0 Å². The van der Waals surface area contributed by atoms with Gasteiger partial charge >= 0.3 is 0 Å². The van der Waals surface area contributed by atoms with Gasteiger partial charge in [0.15, 0.2) is 0 Å². The van der Waals surface area contributed by atoms with Gasteiger partial charge in [-0.25, -0.2) is 0 Å². The van der Waals surface area contributed by atoms with Crippen molar-refractivity contribution in [3.05, 3.63) is 0 Å². The third kappa shape index (κ3) is 7.96. The largest absolute Gasteiger partial charge is 0.498 e. The van der Waals surface area contributed by atoms with Crippen LogP contribution in [-0.4, -0.2) is 13.8 Å². The van der Waals surface area contributed by atoms with E-state index in [2.05, 4.69) is 27.7 Å². The van der Waals surface area contributed by atoms with E-state index in [-0.39, 0.29) is 0 Å². The lowest BCUT2D eigenvalue weighted by atomic mass is 9.51. The molecule has 0 spiro atoms. The molecule has 88 valence electrons. The highest BCUT2D eigenvalue weighted by Gasteiger charge is 2.21. The average molecular weight is 210 g/mol. The molecule has 0 rings (SSSR count). The maximum atomic E-state index is 6.21. The minimum absolute atomic E-state index is 0.517. The zero-order chi connectivity index (χ0) is 11.5. The van der Waals surface area contributed by atoms with Crippen LogP contribution in [0.5, 0.6) is 0 Å². The molecule has 0 aromatic carbocycles. The maximum Gasteiger partial charge on any atom is 0.276 e. The van der Waals surface area contributed by atoms with Gasteiger partial charge in [-0.15, -0.1) is 0 Å². The first kappa shape index (κ1) is 15.1. The molecule has 0 fully saturated rings. The van der Waals surface area contributed by atoms with E-state index >= 15 is 0 Å². The van der Waals surface area contributed by atoms with E-state index in [1.165, 1.54) is 51.0 Å². The smallest absolute Gasteiger partial charge is 0.276 e. The highest BCUT2D eigenvalue weighted by Crippen LogP contribution is 2.14. The lowest BCUT2D eigenvalue weighted by molar-refractivity contribution is 0.560. The summed E-state index contributed by atoms with van der Waals surface area (Å²) in [6.45, 7) is 10.0. The van der Waals surface area contributed by atoms with Gasteiger partial charge < -0.3 is 4.57 Å². The average Bonchev–Trinajstić information content (AvgIpc) is 2.19. The summed E-state index contributed by atoms with van der Waals surface area (Å²) in [6, 6.07) is 0. The summed E-state index contributed by atoms with van der Waals surface area (Å²) in [5, 5.41) is 0. The third-order valence-electron chi connectivity index (χ3n) is 2.83. The molecule has 1 nitrogen and oxygen atoms in total. The lowest BCUT2D eigenvalue weighted by Crippen LogP contribution is -2.28. The fourth-order valence-electron chi connectivity index (χ4n) is 2.12. The van der Waals surface area contributed by atoms with Crippen molar-refractivity contribution in [2.75, 3.05) is 0 Å². The van der Waals surface area contributed by atoms with Crippen LogP contribution in [0.2, 0.25) is 25.3 Å². The molecule has 15 heavy (non-hydrogen) atoms. The summed E-state index contributed by atoms with van der Waals surface area (Å²) in [5.74, 6) is 0. The van der Waals surface area contributed by atoms with Gasteiger partial charge in [0.25, 0.3) is 13.8 Å². The highest BCUT2D eigenvalue weighted by atomic mass is 16.4. The number of rotatable bonds is 10. The first-order valence-electron chi connectivity index (χ1n) is 6.93. The molecule has 0 radical (unpaired) electrons. The fourth-order valence-corrected chi connectivity index (χ4v) is 2.12. The molecule has 0 bridgehead atoms. The Labute approximate surface area is 97.6 Å². The molecule has 0 aromatic heterocycles. The predicted molar refractivity (Wildman–Crippen MR) is 73.0 cm³/mol. The van der Waals surface area contributed by atoms with Gasteiger partial charge in [0, 0.05) is 0 Å². The van der Waals surface area contributed by atoms with Crippen molar-refractivity contribution in [2.24, 2.45) is 0 Å². The molecular formula is C12H28B2O. The van der Waals surface area contributed by atoms with Crippen molar-refractivity contribution in [3.8, 4) is 0 Å². The van der Waals surface area contributed by atoms with Gasteiger partial charge in [0.1, 0.15) is 0 Å². The molecule has 0 N–H and O–H groups in total. The Morgan fingerprint density at radius 3 is 1.07 bits per heavy atom. The van der Waals surface area contributed by atoms with Crippen molar-refractivity contribution < 1.29 is 4.57 Å². The Balaban J connectivity index is 3.93. The summed E-state index contributed by atoms with van der Waals surface area (Å²) >= 11 is 0. The van der Waals surface area contributed by atoms with Gasteiger partial charge in [-0.1, -0.05) is 53.4 Å². The molecule has 0 unspecified atom stereocenters. The van der Waals surface area contributed by atoms with Gasteiger partial charge in [0.2, 0.25) is 0 Å². The summed E-state index contributed by atoms with van der Waals surface area (Å²) < 4.78 is 6.21. The van der Waals surface area contributed by atoms with E-state index in [1.807, 2.05) is 0 Å². The van der Waals surface area contributed by atoms with E-state index in [4.69, 9.17) is 4.57 Å². The lowest BCUT2D eigenvalue weighted by Gasteiger charge is -2.19. The first-order chi connectivity index (χ1) is 7.28. The Morgan fingerprint density at radius 2 is 0.867 bits per heavy atom. The molecule has 3 heteroatoms. The number of hydrogen-bond acceptors (Lipinski definition) is 1. The molecule has 0 aromatic rings. The van der Waals surface area contributed by atoms with Crippen LogP contribution in [-0.2, 0) is 4.57 Å². The van der Waals surface area contributed by atoms with Gasteiger partial charge in [0.05, 0.1) is 0 Å². The Hall–Kier alpha value is 0.0899. The van der Waals surface area contributed by atoms with Gasteiger partial charge in [-0.3, -0.25) is 0 Å². The van der Waals surface area contributed by atoms with Crippen molar-refractivity contribution in [2.45, 2.75) is 78.7 Å². The minimum atomic E-state index is 0.517. The zero-order valence-electron chi connectivity index (χ0n) is 11.2. The molecule has 0 aliphatic rings. The summed E-state index contributed by atoms with van der Waals surface area (Å²) in [6.07, 6.45) is 9.92. The standard InChI is InChI=1S/C12H28B2O/c1-5-9-13(10-6-2)15-14(11-7-3)12-8-4/h5-12H2,1-4H3. The second-order valence-electron chi connectivity index (χ2n) is 4.53. The van der Waals surface area contributed by atoms with Crippen LogP contribution in [0.15, 0.2) is 0 Å². The van der Waals surface area contributed by atoms with Gasteiger partial charge in [-0.2, -0.15) is 0 Å². The van der Waals surface area contributed by atoms with Gasteiger partial charge in [-0.05, 0) is 25.3 Å². The van der Waals surface area contributed by atoms with Crippen LogP contribution < -0.4 is 0 Å². The summed E-state index contributed by atoms with van der Waals surface area (Å²) in [5.41, 5.74) is 0. The van der Waals surface area contributed by atoms with Crippen molar-refractivity contribution >= 4 is 13.8 Å². The van der Waals surface area contributed by atoms with Crippen molar-refractivity contribution in [1.29, 1.82) is 0 Å². The fraction of sp³-hybridized carbons (Fsp3) is 1.00. The third-order valence-corrected chi connectivity index (χ3v) is 2.83. The van der Waals surface area contributed by atoms with Crippen LogP contribution in [0.1, 0.15) is 53.4 Å². The van der Waals surface area contributed by atoms with E-state index < -0.39 is 0 Å². The Kier molecular flexibility index (Phi) is 10.7. The van der Waals surface area contributed by atoms with Crippen LogP contribution in [0.25, 0.3) is 0 Å². The van der Waals surface area contributed by atoms with E-state index in [1.54, 1.807) is 0 Å². The summed E-state index contributed by atoms with van der Waals surface area (Å²) in [4.78, 5) is 0. The van der Waals surface area contributed by atoms with Crippen LogP contribution in [0.4, 0.5) is 0 Å². The summed E-state index contributed by atoms with van der Waals surface area (Å²) in [7, 11) is 0. The Bertz CT molecular complexity index is 105. The molecule has 0 heterocycles. The SMILES string of the molecule is CCCB(CCC)OB(CCC)CCC. The van der Waals surface area contributed by atoms with E-state index in [0.717, 1.165) is 0 Å². The maximum absolute atomic E-state index is 6.21. The second-order valence-corrected chi connectivity index (χ2v) is 4.53. The van der Waals surface area contributed by atoms with E-state index in [9.17, 15) is 0 Å². The zero-order valence-corrected chi connectivity index (χ0v) is 11.2. The Morgan fingerprint density at radius 1 is 0.600 bits per heavy atom. The van der Waals surface area contributed by atoms with Crippen LogP contribution >= 0.6 is 0 Å². The topological polar surface area (TPSA) is 9.23 Å². The van der Waals surface area contributed by atoms with Crippen LogP contribution in [0, 0.1) is 0 Å².